The van der Waals surface area contributed by atoms with Crippen molar-refractivity contribution in [2.24, 2.45) is 30.7 Å². The standard InChI is InChI=1S/C15H25F3N2.C13H12F2N2O/c1-3-10-4-5-11(8-13(10)15(16,17)18)12-6-7-20-9-14(12)19-2;1-3-8-6-16-17(2)13(8)9-4-11(14)10(7-18)12(15)5-9/h4-5,10-14,19-20H,3,6-9H2,1-2H3;4-7H,3H2,1-2H3/t10?,11-,12?,13?,14?;/m1./s1. The second-order valence-corrected chi connectivity index (χ2v) is 10.0. The van der Waals surface area contributed by atoms with Crippen LogP contribution in [0.1, 0.15) is 49.0 Å². The van der Waals surface area contributed by atoms with Crippen molar-refractivity contribution in [3.63, 3.8) is 0 Å². The number of rotatable bonds is 6. The molecule has 2 N–H and O–H groups in total. The topological polar surface area (TPSA) is 59.0 Å². The van der Waals surface area contributed by atoms with E-state index in [1.807, 2.05) is 27.0 Å². The number of aromatic nitrogens is 2. The van der Waals surface area contributed by atoms with Gasteiger partial charge in [0.25, 0.3) is 0 Å². The first-order valence-corrected chi connectivity index (χ1v) is 13.1. The molecule has 210 valence electrons. The van der Waals surface area contributed by atoms with E-state index in [0.29, 0.717) is 30.0 Å². The summed E-state index contributed by atoms with van der Waals surface area (Å²) in [5.74, 6) is -2.88. The molecule has 4 unspecified atom stereocenters. The molecule has 5 nitrogen and oxygen atoms in total. The zero-order valence-corrected chi connectivity index (χ0v) is 22.3. The summed E-state index contributed by atoms with van der Waals surface area (Å²) in [7, 11) is 3.60. The minimum Gasteiger partial charge on any atom is -0.315 e. The van der Waals surface area contributed by atoms with Gasteiger partial charge in [-0.1, -0.05) is 26.0 Å². The third kappa shape index (κ3) is 6.69. The number of halogens is 5. The van der Waals surface area contributed by atoms with Gasteiger partial charge in [-0.15, -0.1) is 0 Å². The Morgan fingerprint density at radius 2 is 1.87 bits per heavy atom. The zero-order chi connectivity index (χ0) is 28.0. The highest BCUT2D eigenvalue weighted by molar-refractivity contribution is 5.78. The number of aryl methyl sites for hydroxylation is 2. The van der Waals surface area contributed by atoms with Crippen LogP contribution in [-0.2, 0) is 13.5 Å². The molecule has 2 aromatic rings. The molecule has 2 aliphatic rings. The molecule has 2 heterocycles. The Hall–Kier alpha value is -2.59. The molecule has 0 saturated carbocycles. The molecule has 10 heteroatoms. The van der Waals surface area contributed by atoms with E-state index in [1.165, 1.54) is 0 Å². The molecule has 38 heavy (non-hydrogen) atoms. The second kappa shape index (κ2) is 13.0. The molecule has 1 aromatic heterocycles. The van der Waals surface area contributed by atoms with E-state index in [-0.39, 0.29) is 30.6 Å². The van der Waals surface area contributed by atoms with Crippen molar-refractivity contribution in [2.45, 2.75) is 51.7 Å². The number of hydrogen-bond donors (Lipinski definition) is 2. The maximum Gasteiger partial charge on any atom is 0.392 e. The molecule has 1 aromatic carbocycles. The van der Waals surface area contributed by atoms with E-state index in [4.69, 9.17) is 0 Å². The van der Waals surface area contributed by atoms with Gasteiger partial charge in [0.2, 0.25) is 0 Å². The Balaban J connectivity index is 0.000000212. The fraction of sp³-hybridized carbons (Fsp3) is 0.571. The summed E-state index contributed by atoms with van der Waals surface area (Å²) >= 11 is 0. The summed E-state index contributed by atoms with van der Waals surface area (Å²) in [5.41, 5.74) is 1.40. The predicted molar refractivity (Wildman–Crippen MR) is 138 cm³/mol. The van der Waals surface area contributed by atoms with Crippen LogP contribution in [0.5, 0.6) is 0 Å². The number of alkyl halides is 3. The lowest BCUT2D eigenvalue weighted by atomic mass is 9.70. The van der Waals surface area contributed by atoms with Gasteiger partial charge in [0, 0.05) is 25.2 Å². The van der Waals surface area contributed by atoms with E-state index in [0.717, 1.165) is 37.2 Å². The molecule has 0 amide bonds. The molecule has 0 bridgehead atoms. The van der Waals surface area contributed by atoms with Crippen molar-refractivity contribution in [3.8, 4) is 11.3 Å². The van der Waals surface area contributed by atoms with Crippen LogP contribution in [0, 0.1) is 35.3 Å². The summed E-state index contributed by atoms with van der Waals surface area (Å²) in [4.78, 5) is 10.5. The molecular formula is C28H37F5N4O. The third-order valence-electron chi connectivity index (χ3n) is 7.86. The maximum absolute atomic E-state index is 13.6. The van der Waals surface area contributed by atoms with Gasteiger partial charge in [0.15, 0.2) is 6.29 Å². The van der Waals surface area contributed by atoms with Gasteiger partial charge in [0.1, 0.15) is 11.6 Å². The molecule has 1 aliphatic carbocycles. The van der Waals surface area contributed by atoms with Crippen molar-refractivity contribution in [2.75, 3.05) is 20.1 Å². The van der Waals surface area contributed by atoms with E-state index >= 15 is 0 Å². The quantitative estimate of drug-likeness (QED) is 0.280. The number of nitrogens with zero attached hydrogens (tertiary/aromatic N) is 2. The van der Waals surface area contributed by atoms with Gasteiger partial charge in [-0.2, -0.15) is 18.3 Å². The smallest absolute Gasteiger partial charge is 0.315 e. The predicted octanol–water partition coefficient (Wildman–Crippen LogP) is 5.70. The number of aldehydes is 1. The van der Waals surface area contributed by atoms with E-state index in [1.54, 1.807) is 17.9 Å². The summed E-state index contributed by atoms with van der Waals surface area (Å²) in [6, 6.07) is 2.58. The summed E-state index contributed by atoms with van der Waals surface area (Å²) in [6.07, 6.45) is 4.11. The van der Waals surface area contributed by atoms with Crippen LogP contribution in [-0.4, -0.2) is 48.4 Å². The van der Waals surface area contributed by atoms with Crippen LogP contribution in [0.4, 0.5) is 22.0 Å². The zero-order valence-electron chi connectivity index (χ0n) is 22.3. The van der Waals surface area contributed by atoms with Gasteiger partial charge in [-0.3, -0.25) is 9.48 Å². The Labute approximate surface area is 220 Å². The van der Waals surface area contributed by atoms with Crippen molar-refractivity contribution in [1.29, 1.82) is 0 Å². The van der Waals surface area contributed by atoms with Gasteiger partial charge in [-0.25, -0.2) is 8.78 Å². The first kappa shape index (κ1) is 30.0. The fourth-order valence-corrected chi connectivity index (χ4v) is 5.74. The lowest BCUT2D eigenvalue weighted by Gasteiger charge is -2.41. The lowest BCUT2D eigenvalue weighted by molar-refractivity contribution is -0.191. The number of benzene rings is 1. The minimum atomic E-state index is -4.08. The van der Waals surface area contributed by atoms with Crippen LogP contribution in [0.25, 0.3) is 11.3 Å². The van der Waals surface area contributed by atoms with E-state index in [9.17, 15) is 26.7 Å². The summed E-state index contributed by atoms with van der Waals surface area (Å²) < 4.78 is 68.4. The average Bonchev–Trinajstić information content (AvgIpc) is 3.28. The number of likely N-dealkylation sites (N-methyl/N-ethyl adjacent to an activating group) is 1. The van der Waals surface area contributed by atoms with E-state index < -0.39 is 29.3 Å². The second-order valence-electron chi connectivity index (χ2n) is 10.0. The van der Waals surface area contributed by atoms with Crippen LogP contribution >= 0.6 is 0 Å². The normalized spacial score (nSPS) is 25.6. The minimum absolute atomic E-state index is 0.0453. The van der Waals surface area contributed by atoms with Crippen LogP contribution in [0.2, 0.25) is 0 Å². The molecule has 1 fully saturated rings. The monoisotopic (exact) mass is 540 g/mol. The van der Waals surface area contributed by atoms with Gasteiger partial charge in [-0.05, 0) is 74.7 Å². The number of carbonyl (C=O) groups is 1. The highest BCUT2D eigenvalue weighted by Crippen LogP contribution is 2.44. The Morgan fingerprint density at radius 1 is 1.18 bits per heavy atom. The van der Waals surface area contributed by atoms with Gasteiger partial charge < -0.3 is 10.6 Å². The first-order chi connectivity index (χ1) is 18.0. The van der Waals surface area contributed by atoms with Gasteiger partial charge >= 0.3 is 6.18 Å². The molecule has 5 atom stereocenters. The Morgan fingerprint density at radius 3 is 2.42 bits per heavy atom. The number of hydrogen-bond acceptors (Lipinski definition) is 4. The molecular weight excluding hydrogens is 503 g/mol. The van der Waals surface area contributed by atoms with Gasteiger partial charge in [0.05, 0.1) is 23.4 Å². The molecule has 4 rings (SSSR count). The highest BCUT2D eigenvalue weighted by atomic mass is 19.4. The number of allylic oxidation sites excluding steroid dienone is 2. The Kier molecular flexibility index (Phi) is 10.2. The molecule has 1 saturated heterocycles. The number of nitrogens with one attached hydrogen (secondary N) is 2. The van der Waals surface area contributed by atoms with Crippen molar-refractivity contribution < 1.29 is 26.7 Å². The Bertz CT molecular complexity index is 1090. The summed E-state index contributed by atoms with van der Waals surface area (Å²) in [6.45, 7) is 5.53. The third-order valence-corrected chi connectivity index (χ3v) is 7.86. The highest BCUT2D eigenvalue weighted by Gasteiger charge is 2.47. The SMILES string of the molecule is CCC1C=C[C@@H](C2CCNCC2NC)CC1C(F)(F)F.CCc1cnn(C)c1-c1cc(F)c(C=O)c(F)c1. The maximum atomic E-state index is 13.6. The first-order valence-electron chi connectivity index (χ1n) is 13.1. The van der Waals surface area contributed by atoms with Crippen molar-refractivity contribution in [1.82, 2.24) is 20.4 Å². The van der Waals surface area contributed by atoms with Crippen LogP contribution in [0.3, 0.4) is 0 Å². The number of carbonyl (C=O) groups excluding carboxylic acids is 1. The average molecular weight is 541 g/mol. The molecule has 0 radical (unpaired) electrons. The molecule has 0 spiro atoms. The van der Waals surface area contributed by atoms with E-state index in [2.05, 4.69) is 21.8 Å². The van der Waals surface area contributed by atoms with Crippen molar-refractivity contribution >= 4 is 6.29 Å². The van der Waals surface area contributed by atoms with Crippen LogP contribution in [0.15, 0.2) is 30.5 Å². The number of piperidine rings is 1. The summed E-state index contributed by atoms with van der Waals surface area (Å²) in [5, 5.41) is 10.6. The van der Waals surface area contributed by atoms with Crippen molar-refractivity contribution in [3.05, 3.63) is 53.2 Å². The fourth-order valence-electron chi connectivity index (χ4n) is 5.74. The lowest BCUT2D eigenvalue weighted by Crippen LogP contribution is -2.51. The molecule has 1 aliphatic heterocycles. The van der Waals surface area contributed by atoms with Crippen LogP contribution < -0.4 is 10.6 Å². The largest absolute Gasteiger partial charge is 0.392 e.